The highest BCUT2D eigenvalue weighted by Crippen LogP contribution is 2.30. The molecule has 1 aromatic rings. The molecule has 1 N–H and O–H groups in total. The summed E-state index contributed by atoms with van der Waals surface area (Å²) in [5.41, 5.74) is 0. The highest BCUT2D eigenvalue weighted by Gasteiger charge is 2.32. The SMILES string of the molecule is CCNC1CCCN(C(CC)c2cccs2)C1=O. The van der Waals surface area contributed by atoms with Crippen LogP contribution in [-0.4, -0.2) is 29.9 Å². The largest absolute Gasteiger partial charge is 0.334 e. The van der Waals surface area contributed by atoms with Gasteiger partial charge in [-0.2, -0.15) is 0 Å². The Morgan fingerprint density at radius 3 is 3.00 bits per heavy atom. The van der Waals surface area contributed by atoms with Gasteiger partial charge in [0.25, 0.3) is 0 Å². The molecule has 4 heteroatoms. The zero-order valence-electron chi connectivity index (χ0n) is 11.2. The molecule has 0 radical (unpaired) electrons. The number of amides is 1. The molecule has 0 spiro atoms. The number of nitrogens with one attached hydrogen (secondary N) is 1. The Labute approximate surface area is 113 Å². The standard InChI is InChI=1S/C14H22N2OS/c1-3-12(13-8-6-10-18-13)16-9-5-7-11(14(16)17)15-4-2/h6,8,10-12,15H,3-5,7,9H2,1-2H3. The third kappa shape index (κ3) is 2.75. The van der Waals surface area contributed by atoms with Gasteiger partial charge >= 0.3 is 0 Å². The smallest absolute Gasteiger partial charge is 0.240 e. The second-order valence-corrected chi connectivity index (χ2v) is 5.70. The maximum absolute atomic E-state index is 12.5. The number of carbonyl (C=O) groups is 1. The number of hydrogen-bond donors (Lipinski definition) is 1. The second kappa shape index (κ2) is 6.34. The van der Waals surface area contributed by atoms with Gasteiger partial charge in [0, 0.05) is 11.4 Å². The van der Waals surface area contributed by atoms with Gasteiger partial charge in [0.1, 0.15) is 0 Å². The molecule has 1 aromatic heterocycles. The van der Waals surface area contributed by atoms with E-state index in [1.165, 1.54) is 4.88 Å². The van der Waals surface area contributed by atoms with Crippen molar-refractivity contribution in [3.8, 4) is 0 Å². The van der Waals surface area contributed by atoms with Crippen LogP contribution in [0.4, 0.5) is 0 Å². The van der Waals surface area contributed by atoms with Crippen LogP contribution in [0.2, 0.25) is 0 Å². The molecule has 1 aliphatic heterocycles. The van der Waals surface area contributed by atoms with Gasteiger partial charge in [-0.15, -0.1) is 11.3 Å². The van der Waals surface area contributed by atoms with Gasteiger partial charge in [0.05, 0.1) is 12.1 Å². The molecule has 18 heavy (non-hydrogen) atoms. The minimum Gasteiger partial charge on any atom is -0.334 e. The molecular formula is C14H22N2OS. The van der Waals surface area contributed by atoms with Crippen molar-refractivity contribution < 1.29 is 4.79 Å². The average Bonchev–Trinajstić information content (AvgIpc) is 2.89. The Balaban J connectivity index is 2.12. The molecule has 0 saturated carbocycles. The first-order chi connectivity index (χ1) is 8.77. The average molecular weight is 266 g/mol. The quantitative estimate of drug-likeness (QED) is 0.889. The lowest BCUT2D eigenvalue weighted by Gasteiger charge is -2.37. The number of piperidine rings is 1. The van der Waals surface area contributed by atoms with Crippen LogP contribution in [0.1, 0.15) is 44.0 Å². The third-order valence-electron chi connectivity index (χ3n) is 3.56. The van der Waals surface area contributed by atoms with E-state index in [-0.39, 0.29) is 18.0 Å². The van der Waals surface area contributed by atoms with Gasteiger partial charge in [-0.05, 0) is 37.3 Å². The first kappa shape index (κ1) is 13.6. The monoisotopic (exact) mass is 266 g/mol. The van der Waals surface area contributed by atoms with Gasteiger partial charge in [0.2, 0.25) is 5.91 Å². The Hall–Kier alpha value is -0.870. The Morgan fingerprint density at radius 2 is 2.39 bits per heavy atom. The summed E-state index contributed by atoms with van der Waals surface area (Å²) in [6, 6.07) is 4.50. The maximum atomic E-state index is 12.5. The predicted octanol–water partition coefficient (Wildman–Crippen LogP) is 2.80. The van der Waals surface area contributed by atoms with Crippen LogP contribution in [0.15, 0.2) is 17.5 Å². The zero-order chi connectivity index (χ0) is 13.0. The van der Waals surface area contributed by atoms with Crippen LogP contribution >= 0.6 is 11.3 Å². The summed E-state index contributed by atoms with van der Waals surface area (Å²) in [5.74, 6) is 0.281. The molecule has 1 fully saturated rings. The lowest BCUT2D eigenvalue weighted by atomic mass is 10.0. The van der Waals surface area contributed by atoms with Crippen molar-refractivity contribution in [2.45, 2.75) is 45.2 Å². The highest BCUT2D eigenvalue weighted by atomic mass is 32.1. The van der Waals surface area contributed by atoms with E-state index < -0.39 is 0 Å². The van der Waals surface area contributed by atoms with Gasteiger partial charge in [-0.25, -0.2) is 0 Å². The molecule has 1 aliphatic rings. The molecule has 2 rings (SSSR count). The van der Waals surface area contributed by atoms with Gasteiger partial charge in [-0.1, -0.05) is 19.9 Å². The summed E-state index contributed by atoms with van der Waals surface area (Å²) in [4.78, 5) is 15.9. The van der Waals surface area contributed by atoms with Crippen molar-refractivity contribution in [3.63, 3.8) is 0 Å². The molecule has 2 atom stereocenters. The summed E-state index contributed by atoms with van der Waals surface area (Å²) in [5, 5.41) is 5.39. The number of carbonyl (C=O) groups excluding carboxylic acids is 1. The minimum absolute atomic E-state index is 0.0257. The number of likely N-dealkylation sites (N-methyl/N-ethyl adjacent to an activating group) is 1. The predicted molar refractivity (Wildman–Crippen MR) is 75.8 cm³/mol. The molecule has 0 aromatic carbocycles. The van der Waals surface area contributed by atoms with Crippen LogP contribution in [-0.2, 0) is 4.79 Å². The van der Waals surface area contributed by atoms with E-state index in [0.29, 0.717) is 0 Å². The first-order valence-electron chi connectivity index (χ1n) is 6.85. The number of thiophene rings is 1. The fraction of sp³-hybridized carbons (Fsp3) is 0.643. The van der Waals surface area contributed by atoms with Crippen molar-refractivity contribution in [1.29, 1.82) is 0 Å². The summed E-state index contributed by atoms with van der Waals surface area (Å²) < 4.78 is 0. The van der Waals surface area contributed by atoms with Gasteiger partial charge in [0.15, 0.2) is 0 Å². The Kier molecular flexibility index (Phi) is 4.78. The normalized spacial score (nSPS) is 22.2. The number of hydrogen-bond acceptors (Lipinski definition) is 3. The lowest BCUT2D eigenvalue weighted by Crippen LogP contribution is -2.51. The van der Waals surface area contributed by atoms with Crippen molar-refractivity contribution in [1.82, 2.24) is 10.2 Å². The zero-order valence-corrected chi connectivity index (χ0v) is 12.0. The van der Waals surface area contributed by atoms with Crippen molar-refractivity contribution >= 4 is 17.2 Å². The van der Waals surface area contributed by atoms with E-state index in [2.05, 4.69) is 41.6 Å². The van der Waals surface area contributed by atoms with Gasteiger partial charge in [-0.3, -0.25) is 4.79 Å². The van der Waals surface area contributed by atoms with Crippen LogP contribution in [0.25, 0.3) is 0 Å². The number of rotatable bonds is 5. The van der Waals surface area contributed by atoms with Crippen LogP contribution in [0.5, 0.6) is 0 Å². The fourth-order valence-corrected chi connectivity index (χ4v) is 3.62. The van der Waals surface area contributed by atoms with E-state index in [0.717, 1.165) is 32.4 Å². The topological polar surface area (TPSA) is 32.3 Å². The van der Waals surface area contributed by atoms with E-state index in [4.69, 9.17) is 0 Å². The van der Waals surface area contributed by atoms with Crippen molar-refractivity contribution in [2.75, 3.05) is 13.1 Å². The van der Waals surface area contributed by atoms with Crippen LogP contribution in [0, 0.1) is 0 Å². The molecule has 1 saturated heterocycles. The summed E-state index contributed by atoms with van der Waals surface area (Å²) >= 11 is 1.75. The molecule has 0 bridgehead atoms. The molecule has 100 valence electrons. The van der Waals surface area contributed by atoms with E-state index in [1.54, 1.807) is 11.3 Å². The van der Waals surface area contributed by atoms with E-state index in [1.807, 2.05) is 0 Å². The number of likely N-dealkylation sites (tertiary alicyclic amines) is 1. The van der Waals surface area contributed by atoms with Crippen molar-refractivity contribution in [2.24, 2.45) is 0 Å². The molecular weight excluding hydrogens is 244 g/mol. The van der Waals surface area contributed by atoms with E-state index >= 15 is 0 Å². The molecule has 2 unspecified atom stereocenters. The van der Waals surface area contributed by atoms with Gasteiger partial charge < -0.3 is 10.2 Å². The summed E-state index contributed by atoms with van der Waals surface area (Å²) in [6.07, 6.45) is 3.07. The fourth-order valence-electron chi connectivity index (χ4n) is 2.70. The van der Waals surface area contributed by atoms with Crippen LogP contribution < -0.4 is 5.32 Å². The van der Waals surface area contributed by atoms with Crippen LogP contribution in [0.3, 0.4) is 0 Å². The molecule has 0 aliphatic carbocycles. The highest BCUT2D eigenvalue weighted by molar-refractivity contribution is 7.10. The second-order valence-electron chi connectivity index (χ2n) is 4.72. The maximum Gasteiger partial charge on any atom is 0.240 e. The molecule has 2 heterocycles. The van der Waals surface area contributed by atoms with Crippen molar-refractivity contribution in [3.05, 3.63) is 22.4 Å². The van der Waals surface area contributed by atoms with E-state index in [9.17, 15) is 4.79 Å². The number of nitrogens with zero attached hydrogens (tertiary/aromatic N) is 1. The Morgan fingerprint density at radius 1 is 1.56 bits per heavy atom. The minimum atomic E-state index is 0.0257. The Bertz CT molecular complexity index is 375. The third-order valence-corrected chi connectivity index (χ3v) is 4.53. The summed E-state index contributed by atoms with van der Waals surface area (Å²) in [7, 11) is 0. The lowest BCUT2D eigenvalue weighted by molar-refractivity contribution is -0.138. The molecule has 3 nitrogen and oxygen atoms in total. The molecule has 1 amide bonds. The first-order valence-corrected chi connectivity index (χ1v) is 7.73. The summed E-state index contributed by atoms with van der Waals surface area (Å²) in [6.45, 7) is 5.98.